The molecule has 2 aliphatic rings. The molecule has 14 unspecified atom stereocenters. The summed E-state index contributed by atoms with van der Waals surface area (Å²) >= 11 is 0. The number of Topliss-reactive ketones (excluding diaryl/α,β-unsaturated/α-hetero) is 1. The molecule has 18 nitrogen and oxygen atoms in total. The molecule has 0 bridgehead atoms. The molecule has 364 valence electrons. The standard InChI is InChI=1S/C46H73NO17/c1-6-8-9-10-11-12-13-14-15-17-27(3)42(56)28(4)29(5)62-39(55)22-32(50)21-31(49)20-30(48)18-19-34(51)35(52)24-46(60)25-36(53)40(44(58)59)38(64-46)23-33(16-7-2)63-45-43(57)41(47)37(54)26-61-45/h6-17,27-30,32-38,40-43,45,48,50-54,56-57,60H,18-26,47H2,1-5H3,(H,58,59)/b8-6+,10-9+,12-11+,14-13+,16-7+,17-15+/t27?,28?,29?,30?,32?,33?,34?,35?,36?,37-,38?,40?,41+,42?,43+,45?,46?/m1/s1. The Kier molecular flexibility index (Phi) is 25.3. The van der Waals surface area contributed by atoms with Gasteiger partial charge in [-0.25, -0.2) is 0 Å². The van der Waals surface area contributed by atoms with E-state index in [9.17, 15) is 65.4 Å². The van der Waals surface area contributed by atoms with Crippen LogP contribution < -0.4 is 5.73 Å². The smallest absolute Gasteiger partial charge is 0.311 e. The van der Waals surface area contributed by atoms with Crippen LogP contribution in [0.15, 0.2) is 72.9 Å². The average Bonchev–Trinajstić information content (AvgIpc) is 3.20. The molecular weight excluding hydrogens is 838 g/mol. The zero-order valence-electron chi connectivity index (χ0n) is 37.4. The van der Waals surface area contributed by atoms with Gasteiger partial charge in [0, 0.05) is 43.9 Å². The fourth-order valence-electron chi connectivity index (χ4n) is 7.44. The molecule has 0 aromatic carbocycles. The number of aliphatic carboxylic acids is 1. The van der Waals surface area contributed by atoms with Gasteiger partial charge in [-0.2, -0.15) is 0 Å². The summed E-state index contributed by atoms with van der Waals surface area (Å²) in [5.74, 6) is -7.42. The van der Waals surface area contributed by atoms with E-state index in [1.54, 1.807) is 26.8 Å². The van der Waals surface area contributed by atoms with E-state index in [1.807, 2.05) is 74.6 Å². The second kappa shape index (κ2) is 28.5. The summed E-state index contributed by atoms with van der Waals surface area (Å²) in [5, 5.41) is 106. The Labute approximate surface area is 375 Å². The molecule has 0 saturated carbocycles. The van der Waals surface area contributed by atoms with Gasteiger partial charge in [0.2, 0.25) is 0 Å². The van der Waals surface area contributed by atoms with E-state index in [-0.39, 0.29) is 31.8 Å². The highest BCUT2D eigenvalue weighted by molar-refractivity contribution is 5.80. The maximum atomic E-state index is 12.6. The number of nitrogens with two attached hydrogens (primary N) is 1. The summed E-state index contributed by atoms with van der Waals surface area (Å²) in [4.78, 5) is 37.4. The van der Waals surface area contributed by atoms with Crippen molar-refractivity contribution in [2.24, 2.45) is 23.5 Å². The minimum absolute atomic E-state index is 0.195. The summed E-state index contributed by atoms with van der Waals surface area (Å²) in [7, 11) is 0. The number of aliphatic hydroxyl groups is 9. The van der Waals surface area contributed by atoms with Crippen LogP contribution in [-0.2, 0) is 33.3 Å². The van der Waals surface area contributed by atoms with Crippen molar-refractivity contribution in [2.75, 3.05) is 6.61 Å². The van der Waals surface area contributed by atoms with Crippen LogP contribution >= 0.6 is 0 Å². The summed E-state index contributed by atoms with van der Waals surface area (Å²) in [6.45, 7) is 8.51. The van der Waals surface area contributed by atoms with Gasteiger partial charge >= 0.3 is 11.9 Å². The number of rotatable bonds is 27. The summed E-state index contributed by atoms with van der Waals surface area (Å²) in [5.41, 5.74) is 5.82. The Morgan fingerprint density at radius 3 is 2.02 bits per heavy atom. The highest BCUT2D eigenvalue weighted by Crippen LogP contribution is 2.38. The van der Waals surface area contributed by atoms with Crippen molar-refractivity contribution < 1.29 is 84.4 Å². The Morgan fingerprint density at radius 2 is 1.41 bits per heavy atom. The van der Waals surface area contributed by atoms with Crippen molar-refractivity contribution in [1.82, 2.24) is 0 Å². The van der Waals surface area contributed by atoms with Crippen LogP contribution in [0.5, 0.6) is 0 Å². The third-order valence-electron chi connectivity index (χ3n) is 11.3. The lowest BCUT2D eigenvalue weighted by Gasteiger charge is -2.45. The molecule has 2 aliphatic heterocycles. The van der Waals surface area contributed by atoms with Gasteiger partial charge in [0.25, 0.3) is 0 Å². The van der Waals surface area contributed by atoms with Crippen LogP contribution in [0.3, 0.4) is 0 Å². The SMILES string of the molecule is C/C=C/C=C/C=C/C=C/C=C/C(C)C(O)C(C)C(C)OC(=O)CC(O)CC(=O)CC(O)CCC(O)C(O)CC1(O)CC(O)C(C(=O)O)C(CC(/C=C/C)OC2OC[C@@H](O)[C@H](N)[C@@H]2O)O1. The highest BCUT2D eigenvalue weighted by atomic mass is 16.7. The van der Waals surface area contributed by atoms with Crippen molar-refractivity contribution in [3.8, 4) is 0 Å². The lowest BCUT2D eigenvalue weighted by atomic mass is 9.82. The van der Waals surface area contributed by atoms with Gasteiger partial charge in [0.1, 0.15) is 23.9 Å². The van der Waals surface area contributed by atoms with E-state index in [4.69, 9.17) is 24.7 Å². The molecule has 2 saturated heterocycles. The number of ether oxygens (including phenoxy) is 4. The molecular formula is C46H73NO17. The molecule has 2 rings (SSSR count). The molecule has 2 heterocycles. The minimum atomic E-state index is -2.33. The van der Waals surface area contributed by atoms with Crippen LogP contribution in [-0.4, -0.2) is 161 Å². The van der Waals surface area contributed by atoms with Gasteiger partial charge < -0.3 is 75.7 Å². The maximum absolute atomic E-state index is 12.6. The first-order valence-electron chi connectivity index (χ1n) is 21.9. The lowest BCUT2D eigenvalue weighted by molar-refractivity contribution is -0.307. The highest BCUT2D eigenvalue weighted by Gasteiger charge is 2.51. The second-order valence-corrected chi connectivity index (χ2v) is 16.9. The molecule has 0 aromatic heterocycles. The fourth-order valence-corrected chi connectivity index (χ4v) is 7.44. The van der Waals surface area contributed by atoms with Gasteiger partial charge in [-0.3, -0.25) is 14.4 Å². The van der Waals surface area contributed by atoms with Gasteiger partial charge in [-0.1, -0.05) is 86.8 Å². The van der Waals surface area contributed by atoms with Crippen LogP contribution in [0, 0.1) is 17.8 Å². The van der Waals surface area contributed by atoms with E-state index >= 15 is 0 Å². The van der Waals surface area contributed by atoms with E-state index < -0.39 is 147 Å². The third-order valence-corrected chi connectivity index (χ3v) is 11.3. The van der Waals surface area contributed by atoms with Crippen molar-refractivity contribution in [2.45, 2.75) is 171 Å². The summed E-state index contributed by atoms with van der Waals surface area (Å²) in [6, 6.07) is -1.09. The van der Waals surface area contributed by atoms with Crippen molar-refractivity contribution in [3.05, 3.63) is 72.9 Å². The molecule has 0 radical (unpaired) electrons. The van der Waals surface area contributed by atoms with Crippen molar-refractivity contribution >= 4 is 17.7 Å². The van der Waals surface area contributed by atoms with Gasteiger partial charge in [0.05, 0.1) is 74.0 Å². The number of ketones is 1. The maximum Gasteiger partial charge on any atom is 0.311 e. The number of esters is 1. The zero-order chi connectivity index (χ0) is 48.1. The van der Waals surface area contributed by atoms with Crippen molar-refractivity contribution in [3.63, 3.8) is 0 Å². The minimum Gasteiger partial charge on any atom is -0.481 e. The largest absolute Gasteiger partial charge is 0.481 e. The molecule has 0 aliphatic carbocycles. The predicted molar refractivity (Wildman–Crippen MR) is 234 cm³/mol. The average molecular weight is 912 g/mol. The molecule has 64 heavy (non-hydrogen) atoms. The van der Waals surface area contributed by atoms with Crippen LogP contribution in [0.4, 0.5) is 0 Å². The molecule has 0 spiro atoms. The molecule has 12 N–H and O–H groups in total. The third kappa shape index (κ3) is 19.6. The number of hydrogen-bond acceptors (Lipinski definition) is 17. The first-order valence-corrected chi connectivity index (χ1v) is 21.9. The molecule has 17 atom stereocenters. The monoisotopic (exact) mass is 911 g/mol. The topological polar surface area (TPSA) is 316 Å². The molecule has 2 fully saturated rings. The summed E-state index contributed by atoms with van der Waals surface area (Å²) in [6.07, 6.45) is 2.73. The first kappa shape index (κ1) is 56.7. The number of carboxylic acid groups (broad SMARTS) is 1. The van der Waals surface area contributed by atoms with Crippen LogP contribution in [0.2, 0.25) is 0 Å². The van der Waals surface area contributed by atoms with E-state index in [0.29, 0.717) is 0 Å². The van der Waals surface area contributed by atoms with Crippen molar-refractivity contribution in [1.29, 1.82) is 0 Å². The Hall–Kier alpha value is -3.47. The molecule has 0 aromatic rings. The van der Waals surface area contributed by atoms with Crippen LogP contribution in [0.1, 0.15) is 86.0 Å². The predicted octanol–water partition coefficient (Wildman–Crippen LogP) is 1.00. The Morgan fingerprint density at radius 1 is 0.797 bits per heavy atom. The number of carbonyl (C=O) groups excluding carboxylic acids is 2. The normalized spacial score (nSPS) is 30.2. The van der Waals surface area contributed by atoms with E-state index in [2.05, 4.69) is 0 Å². The van der Waals surface area contributed by atoms with E-state index in [1.165, 1.54) is 6.08 Å². The number of hydrogen-bond donors (Lipinski definition) is 11. The summed E-state index contributed by atoms with van der Waals surface area (Å²) < 4.78 is 22.4. The number of allylic oxidation sites excluding steroid dienone is 10. The second-order valence-electron chi connectivity index (χ2n) is 16.9. The molecule has 0 amide bonds. The first-order chi connectivity index (χ1) is 30.1. The number of carboxylic acids is 1. The zero-order valence-corrected chi connectivity index (χ0v) is 37.4. The molecule has 18 heteroatoms. The number of aliphatic hydroxyl groups excluding tert-OH is 8. The Balaban J connectivity index is 1.85. The number of carbonyl (C=O) groups is 3. The van der Waals surface area contributed by atoms with E-state index in [0.717, 1.165) is 0 Å². The van der Waals surface area contributed by atoms with Gasteiger partial charge in [-0.15, -0.1) is 0 Å². The van der Waals surface area contributed by atoms with Gasteiger partial charge in [0.15, 0.2) is 12.1 Å². The fraction of sp³-hybridized carbons (Fsp3) is 0.674. The van der Waals surface area contributed by atoms with Crippen LogP contribution in [0.25, 0.3) is 0 Å². The quantitative estimate of drug-likeness (QED) is 0.0311. The lowest BCUT2D eigenvalue weighted by Crippen LogP contribution is -2.59. The Bertz CT molecular complexity index is 1600. The van der Waals surface area contributed by atoms with Gasteiger partial charge in [-0.05, 0) is 33.6 Å².